The van der Waals surface area contributed by atoms with Crippen LogP contribution in [0.1, 0.15) is 26.2 Å². The Kier molecular flexibility index (Phi) is 1.04. The van der Waals surface area contributed by atoms with Crippen molar-refractivity contribution in [2.45, 2.75) is 31.7 Å². The molecule has 2 saturated carbocycles. The van der Waals surface area contributed by atoms with Crippen molar-refractivity contribution in [3.8, 4) is 0 Å². The van der Waals surface area contributed by atoms with Gasteiger partial charge in [-0.2, -0.15) is 4.99 Å². The van der Waals surface area contributed by atoms with Crippen molar-refractivity contribution in [1.29, 1.82) is 0 Å². The van der Waals surface area contributed by atoms with Crippen molar-refractivity contribution in [3.05, 3.63) is 0 Å². The fourth-order valence-corrected chi connectivity index (χ4v) is 1.86. The summed E-state index contributed by atoms with van der Waals surface area (Å²) in [5.41, 5.74) is 0.0845. The minimum Gasteiger partial charge on any atom is -0.211 e. The smallest absolute Gasteiger partial charge is 0.211 e. The lowest BCUT2D eigenvalue weighted by molar-refractivity contribution is 0.526. The van der Waals surface area contributed by atoms with E-state index >= 15 is 0 Å². The second-order valence-electron chi connectivity index (χ2n) is 3.63. The Balaban J connectivity index is 2.08. The van der Waals surface area contributed by atoms with Crippen LogP contribution in [-0.2, 0) is 4.79 Å². The first-order chi connectivity index (χ1) is 4.78. The van der Waals surface area contributed by atoms with E-state index in [0.29, 0.717) is 5.92 Å². The second-order valence-corrected chi connectivity index (χ2v) is 3.63. The maximum atomic E-state index is 10.0. The Morgan fingerprint density at radius 3 is 2.50 bits per heavy atom. The van der Waals surface area contributed by atoms with Crippen LogP contribution in [0.4, 0.5) is 0 Å². The van der Waals surface area contributed by atoms with Crippen LogP contribution in [-0.4, -0.2) is 11.6 Å². The number of nitrogens with zero attached hydrogens (tertiary/aromatic N) is 1. The predicted molar refractivity (Wildman–Crippen MR) is 37.4 cm³/mol. The van der Waals surface area contributed by atoms with Crippen LogP contribution in [0.15, 0.2) is 4.99 Å². The van der Waals surface area contributed by atoms with Crippen molar-refractivity contribution in [1.82, 2.24) is 0 Å². The number of carbonyl (C=O) groups excluding carboxylic acids is 1. The monoisotopic (exact) mass is 137 g/mol. The van der Waals surface area contributed by atoms with E-state index in [-0.39, 0.29) is 5.54 Å². The van der Waals surface area contributed by atoms with E-state index in [0.717, 1.165) is 18.8 Å². The van der Waals surface area contributed by atoms with E-state index < -0.39 is 0 Å². The molecule has 54 valence electrons. The number of rotatable bonds is 2. The molecule has 0 radical (unpaired) electrons. The average molecular weight is 137 g/mol. The molecule has 0 aromatic carbocycles. The fourth-order valence-electron chi connectivity index (χ4n) is 1.86. The van der Waals surface area contributed by atoms with E-state index in [1.54, 1.807) is 6.08 Å². The van der Waals surface area contributed by atoms with Crippen molar-refractivity contribution in [2.24, 2.45) is 16.8 Å². The van der Waals surface area contributed by atoms with Crippen LogP contribution >= 0.6 is 0 Å². The van der Waals surface area contributed by atoms with Crippen LogP contribution in [0.5, 0.6) is 0 Å². The molecule has 0 N–H and O–H groups in total. The zero-order valence-electron chi connectivity index (χ0n) is 6.13. The number of hydrogen-bond donors (Lipinski definition) is 0. The maximum Gasteiger partial charge on any atom is 0.235 e. The highest BCUT2D eigenvalue weighted by molar-refractivity contribution is 5.37. The normalized spacial score (nSPS) is 40.1. The zero-order valence-corrected chi connectivity index (χ0v) is 6.13. The van der Waals surface area contributed by atoms with E-state index in [1.807, 2.05) is 0 Å². The van der Waals surface area contributed by atoms with E-state index in [1.165, 1.54) is 6.42 Å². The summed E-state index contributed by atoms with van der Waals surface area (Å²) in [5.74, 6) is 1.52. The Morgan fingerprint density at radius 1 is 1.60 bits per heavy atom. The molecule has 0 aromatic rings. The largest absolute Gasteiger partial charge is 0.235 e. The molecule has 2 atom stereocenters. The third-order valence-electron chi connectivity index (χ3n) is 2.83. The standard InChI is InChI=1S/C8H11NO/c1-6-4-7(6)8(2-3-8)9-5-10/h6-7H,2-4H2,1H3. The van der Waals surface area contributed by atoms with Gasteiger partial charge in [-0.15, -0.1) is 0 Å². The first-order valence-electron chi connectivity index (χ1n) is 3.87. The van der Waals surface area contributed by atoms with Gasteiger partial charge in [-0.1, -0.05) is 6.92 Å². The second kappa shape index (κ2) is 1.70. The van der Waals surface area contributed by atoms with Crippen molar-refractivity contribution in [3.63, 3.8) is 0 Å². The molecular weight excluding hydrogens is 126 g/mol. The Labute approximate surface area is 60.3 Å². The third-order valence-corrected chi connectivity index (χ3v) is 2.83. The quantitative estimate of drug-likeness (QED) is 0.419. The predicted octanol–water partition coefficient (Wildman–Crippen LogP) is 1.51. The van der Waals surface area contributed by atoms with Gasteiger partial charge in [0.2, 0.25) is 6.08 Å². The van der Waals surface area contributed by atoms with Crippen LogP contribution in [0.25, 0.3) is 0 Å². The van der Waals surface area contributed by atoms with E-state index in [4.69, 9.17) is 0 Å². The lowest BCUT2D eigenvalue weighted by Crippen LogP contribution is -2.07. The molecule has 2 fully saturated rings. The Bertz CT molecular complexity index is 201. The first kappa shape index (κ1) is 6.11. The lowest BCUT2D eigenvalue weighted by Gasteiger charge is -2.02. The van der Waals surface area contributed by atoms with Gasteiger partial charge in [0.25, 0.3) is 0 Å². The van der Waals surface area contributed by atoms with Gasteiger partial charge in [-0.25, -0.2) is 4.79 Å². The van der Waals surface area contributed by atoms with Gasteiger partial charge in [-0.3, -0.25) is 0 Å². The third kappa shape index (κ3) is 0.723. The van der Waals surface area contributed by atoms with Crippen LogP contribution in [0.2, 0.25) is 0 Å². The topological polar surface area (TPSA) is 29.4 Å². The summed E-state index contributed by atoms with van der Waals surface area (Å²) in [5, 5.41) is 0. The Morgan fingerprint density at radius 2 is 2.20 bits per heavy atom. The minimum atomic E-state index is 0.0845. The first-order valence-corrected chi connectivity index (χ1v) is 3.87. The molecule has 0 aliphatic heterocycles. The highest BCUT2D eigenvalue weighted by Crippen LogP contribution is 2.59. The summed E-state index contributed by atoms with van der Waals surface area (Å²) in [6.45, 7) is 2.23. The molecule has 2 unspecified atom stereocenters. The van der Waals surface area contributed by atoms with Crippen LogP contribution in [0.3, 0.4) is 0 Å². The molecule has 0 saturated heterocycles. The van der Waals surface area contributed by atoms with Gasteiger partial charge in [0.15, 0.2) is 0 Å². The molecule has 10 heavy (non-hydrogen) atoms. The molecular formula is C8H11NO. The summed E-state index contributed by atoms with van der Waals surface area (Å²) < 4.78 is 0. The molecule has 0 bridgehead atoms. The van der Waals surface area contributed by atoms with E-state index in [9.17, 15) is 4.79 Å². The molecule has 0 amide bonds. The zero-order chi connectivity index (χ0) is 7.19. The number of isocyanates is 1. The van der Waals surface area contributed by atoms with Gasteiger partial charge >= 0.3 is 0 Å². The summed E-state index contributed by atoms with van der Waals surface area (Å²) in [7, 11) is 0. The highest BCUT2D eigenvalue weighted by atomic mass is 16.1. The SMILES string of the molecule is CC1CC1C1(N=C=O)CC1. The molecule has 2 aliphatic rings. The van der Waals surface area contributed by atoms with Crippen molar-refractivity contribution < 1.29 is 4.79 Å². The van der Waals surface area contributed by atoms with E-state index in [2.05, 4.69) is 11.9 Å². The van der Waals surface area contributed by atoms with Gasteiger partial charge in [-0.05, 0) is 31.1 Å². The van der Waals surface area contributed by atoms with Crippen LogP contribution < -0.4 is 0 Å². The number of aliphatic imine (C=N–C) groups is 1. The van der Waals surface area contributed by atoms with Crippen LogP contribution in [0, 0.1) is 11.8 Å². The fraction of sp³-hybridized carbons (Fsp3) is 0.875. The van der Waals surface area contributed by atoms with Gasteiger partial charge in [0, 0.05) is 0 Å². The molecule has 2 heteroatoms. The number of hydrogen-bond acceptors (Lipinski definition) is 2. The van der Waals surface area contributed by atoms with Gasteiger partial charge in [0.05, 0.1) is 5.54 Å². The molecule has 2 aliphatic carbocycles. The minimum absolute atomic E-state index is 0.0845. The highest BCUT2D eigenvalue weighted by Gasteiger charge is 2.58. The van der Waals surface area contributed by atoms with Gasteiger partial charge in [0.1, 0.15) is 0 Å². The van der Waals surface area contributed by atoms with Crippen molar-refractivity contribution in [2.75, 3.05) is 0 Å². The average Bonchev–Trinajstić information content (AvgIpc) is 2.70. The molecule has 2 nitrogen and oxygen atoms in total. The molecule has 0 aromatic heterocycles. The lowest BCUT2D eigenvalue weighted by atomic mass is 10.1. The van der Waals surface area contributed by atoms with Gasteiger partial charge < -0.3 is 0 Å². The summed E-state index contributed by atoms with van der Waals surface area (Å²) in [6, 6.07) is 0. The summed E-state index contributed by atoms with van der Waals surface area (Å²) in [6.07, 6.45) is 5.20. The summed E-state index contributed by atoms with van der Waals surface area (Å²) in [4.78, 5) is 13.9. The summed E-state index contributed by atoms with van der Waals surface area (Å²) >= 11 is 0. The Hall–Kier alpha value is -0.620. The van der Waals surface area contributed by atoms with Crippen molar-refractivity contribution >= 4 is 6.08 Å². The maximum absolute atomic E-state index is 10.0. The molecule has 2 rings (SSSR count). The molecule has 0 heterocycles. The molecule has 0 spiro atoms.